The van der Waals surface area contributed by atoms with Gasteiger partial charge in [-0.15, -0.1) is 21.5 Å². The van der Waals surface area contributed by atoms with Gasteiger partial charge in [-0.25, -0.2) is 14.6 Å². The second-order valence-corrected chi connectivity index (χ2v) is 8.03. The average molecular weight is 394 g/mol. The van der Waals surface area contributed by atoms with Crippen LogP contribution >= 0.6 is 23.1 Å². The topological polar surface area (TPSA) is 95.4 Å². The Kier molecular flexibility index (Phi) is 4.10. The van der Waals surface area contributed by atoms with Crippen LogP contribution in [0.3, 0.4) is 0 Å². The summed E-state index contributed by atoms with van der Waals surface area (Å²) >= 11 is 3.03. The van der Waals surface area contributed by atoms with E-state index in [-0.39, 0.29) is 0 Å². The average Bonchev–Trinajstić information content (AvgIpc) is 3.44. The Balaban J connectivity index is 1.55. The maximum atomic E-state index is 6.26. The molecule has 0 fully saturated rings. The smallest absolute Gasteiger partial charge is 0.216 e. The number of pyridine rings is 1. The predicted octanol–water partition coefficient (Wildman–Crippen LogP) is 3.21. The molecule has 0 aliphatic heterocycles. The Morgan fingerprint density at radius 3 is 2.78 bits per heavy atom. The van der Waals surface area contributed by atoms with Crippen molar-refractivity contribution in [3.63, 3.8) is 0 Å². The van der Waals surface area contributed by atoms with Crippen molar-refractivity contribution in [2.45, 2.75) is 29.4 Å². The molecular weight excluding hydrogens is 378 g/mol. The summed E-state index contributed by atoms with van der Waals surface area (Å²) in [5, 5.41) is 12.1. The highest BCUT2D eigenvalue weighted by Crippen LogP contribution is 2.35. The minimum Gasteiger partial charge on any atom is -0.335 e. The Morgan fingerprint density at radius 2 is 1.96 bits per heavy atom. The lowest BCUT2D eigenvalue weighted by Crippen LogP contribution is -2.11. The highest BCUT2D eigenvalue weighted by atomic mass is 32.2. The summed E-state index contributed by atoms with van der Waals surface area (Å²) < 4.78 is 1.53. The maximum absolute atomic E-state index is 6.26. The molecule has 4 aromatic heterocycles. The van der Waals surface area contributed by atoms with Crippen LogP contribution in [-0.2, 0) is 12.8 Å². The van der Waals surface area contributed by atoms with E-state index in [1.165, 1.54) is 22.0 Å². The molecule has 0 saturated heterocycles. The van der Waals surface area contributed by atoms with Gasteiger partial charge in [0.25, 0.3) is 0 Å². The standard InChI is InChI=1S/C18H15N7S2/c19-25-16(14-5-2-10-26-14)23-24-18(25)27-17-12-3-1-4-13(12)21-15(22-17)11-6-8-20-9-7-11/h2,5-10H,1,3-4,19H2. The lowest BCUT2D eigenvalue weighted by atomic mass is 10.2. The Bertz CT molecular complexity index is 1090. The molecule has 0 aromatic carbocycles. The summed E-state index contributed by atoms with van der Waals surface area (Å²) in [6.45, 7) is 0. The zero-order chi connectivity index (χ0) is 18.2. The fraction of sp³-hybridized carbons (Fsp3) is 0.167. The minimum absolute atomic E-state index is 0.617. The Hall–Kier alpha value is -2.78. The van der Waals surface area contributed by atoms with Crippen molar-refractivity contribution in [3.05, 3.63) is 53.3 Å². The molecule has 27 heavy (non-hydrogen) atoms. The maximum Gasteiger partial charge on any atom is 0.216 e. The first-order valence-electron chi connectivity index (χ1n) is 8.52. The molecule has 9 heteroatoms. The van der Waals surface area contributed by atoms with E-state index in [0.29, 0.717) is 16.8 Å². The number of rotatable bonds is 4. The zero-order valence-electron chi connectivity index (χ0n) is 14.2. The molecule has 134 valence electrons. The van der Waals surface area contributed by atoms with E-state index in [9.17, 15) is 0 Å². The van der Waals surface area contributed by atoms with E-state index in [1.807, 2.05) is 29.6 Å². The number of nitrogen functional groups attached to an aromatic ring is 1. The van der Waals surface area contributed by atoms with Gasteiger partial charge < -0.3 is 5.84 Å². The van der Waals surface area contributed by atoms with Crippen LogP contribution in [0.15, 0.2) is 52.2 Å². The molecule has 4 heterocycles. The first-order valence-corrected chi connectivity index (χ1v) is 10.2. The van der Waals surface area contributed by atoms with Gasteiger partial charge in [-0.05, 0) is 54.6 Å². The van der Waals surface area contributed by atoms with Crippen molar-refractivity contribution in [1.29, 1.82) is 0 Å². The molecular formula is C18H15N7S2. The SMILES string of the molecule is Nn1c(Sc2nc(-c3ccncc3)nc3c2CCC3)nnc1-c1cccs1. The fourth-order valence-corrected chi connectivity index (χ4v) is 4.74. The number of thiophene rings is 1. The Labute approximate surface area is 163 Å². The normalized spacial score (nSPS) is 13.0. The van der Waals surface area contributed by atoms with Gasteiger partial charge in [-0.3, -0.25) is 4.98 Å². The van der Waals surface area contributed by atoms with Crippen LogP contribution in [0.1, 0.15) is 17.7 Å². The van der Waals surface area contributed by atoms with Crippen LogP contribution in [-0.4, -0.2) is 29.8 Å². The van der Waals surface area contributed by atoms with Crippen LogP contribution in [0.25, 0.3) is 22.1 Å². The van der Waals surface area contributed by atoms with Crippen molar-refractivity contribution >= 4 is 23.1 Å². The predicted molar refractivity (Wildman–Crippen MR) is 105 cm³/mol. The summed E-state index contributed by atoms with van der Waals surface area (Å²) in [5.74, 6) is 7.63. The summed E-state index contributed by atoms with van der Waals surface area (Å²) in [4.78, 5) is 14.6. The highest BCUT2D eigenvalue weighted by Gasteiger charge is 2.23. The molecule has 0 spiro atoms. The van der Waals surface area contributed by atoms with Gasteiger partial charge in [-0.2, -0.15) is 0 Å². The van der Waals surface area contributed by atoms with Crippen LogP contribution in [0.4, 0.5) is 0 Å². The molecule has 5 rings (SSSR count). The van der Waals surface area contributed by atoms with Gasteiger partial charge in [0.1, 0.15) is 5.03 Å². The fourth-order valence-electron chi connectivity index (χ4n) is 3.12. The number of hydrogen-bond donors (Lipinski definition) is 1. The number of fused-ring (bicyclic) bond motifs is 1. The van der Waals surface area contributed by atoms with Crippen molar-refractivity contribution in [3.8, 4) is 22.1 Å². The highest BCUT2D eigenvalue weighted by molar-refractivity contribution is 7.99. The van der Waals surface area contributed by atoms with Crippen molar-refractivity contribution in [1.82, 2.24) is 29.8 Å². The number of nitrogens with two attached hydrogens (primary N) is 1. The van der Waals surface area contributed by atoms with Gasteiger partial charge >= 0.3 is 0 Å². The number of aryl methyl sites for hydroxylation is 1. The largest absolute Gasteiger partial charge is 0.335 e. The van der Waals surface area contributed by atoms with Gasteiger partial charge in [0.05, 0.1) is 4.88 Å². The first kappa shape index (κ1) is 16.4. The summed E-state index contributed by atoms with van der Waals surface area (Å²) in [6, 6.07) is 7.80. The third-order valence-corrected chi connectivity index (χ3v) is 6.29. The summed E-state index contributed by atoms with van der Waals surface area (Å²) in [7, 11) is 0. The molecule has 2 N–H and O–H groups in total. The molecule has 4 aromatic rings. The molecule has 0 radical (unpaired) electrons. The minimum atomic E-state index is 0.617. The van der Waals surface area contributed by atoms with E-state index in [0.717, 1.165) is 40.4 Å². The van der Waals surface area contributed by atoms with E-state index in [2.05, 4.69) is 15.2 Å². The molecule has 1 aliphatic rings. The second kappa shape index (κ2) is 6.75. The monoisotopic (exact) mass is 393 g/mol. The van der Waals surface area contributed by atoms with Gasteiger partial charge in [-0.1, -0.05) is 6.07 Å². The van der Waals surface area contributed by atoms with E-state index in [1.54, 1.807) is 23.7 Å². The second-order valence-electron chi connectivity index (χ2n) is 6.12. The van der Waals surface area contributed by atoms with E-state index >= 15 is 0 Å². The van der Waals surface area contributed by atoms with Crippen molar-refractivity contribution in [2.75, 3.05) is 5.84 Å². The van der Waals surface area contributed by atoms with Crippen molar-refractivity contribution < 1.29 is 0 Å². The number of aromatic nitrogens is 6. The van der Waals surface area contributed by atoms with Crippen LogP contribution < -0.4 is 5.84 Å². The zero-order valence-corrected chi connectivity index (χ0v) is 15.9. The first-order chi connectivity index (χ1) is 13.3. The lowest BCUT2D eigenvalue weighted by molar-refractivity contribution is 0.844. The molecule has 7 nitrogen and oxygen atoms in total. The lowest BCUT2D eigenvalue weighted by Gasteiger charge is -2.09. The molecule has 0 atom stereocenters. The van der Waals surface area contributed by atoms with Crippen LogP contribution in [0.5, 0.6) is 0 Å². The molecule has 0 saturated carbocycles. The Morgan fingerprint density at radius 1 is 1.07 bits per heavy atom. The number of nitrogens with zero attached hydrogens (tertiary/aromatic N) is 6. The van der Waals surface area contributed by atoms with Crippen LogP contribution in [0.2, 0.25) is 0 Å². The van der Waals surface area contributed by atoms with Crippen LogP contribution in [0, 0.1) is 0 Å². The summed E-state index contributed by atoms with van der Waals surface area (Å²) in [5.41, 5.74) is 3.26. The molecule has 0 amide bonds. The van der Waals surface area contributed by atoms with Gasteiger partial charge in [0.15, 0.2) is 11.6 Å². The quantitative estimate of drug-likeness (QED) is 0.420. The third-order valence-electron chi connectivity index (χ3n) is 4.43. The molecule has 0 bridgehead atoms. The van der Waals surface area contributed by atoms with Gasteiger partial charge in [0, 0.05) is 29.2 Å². The van der Waals surface area contributed by atoms with E-state index < -0.39 is 0 Å². The van der Waals surface area contributed by atoms with E-state index in [4.69, 9.17) is 15.8 Å². The summed E-state index contributed by atoms with van der Waals surface area (Å²) in [6.07, 6.45) is 6.54. The third kappa shape index (κ3) is 2.98. The molecule has 0 unspecified atom stereocenters. The van der Waals surface area contributed by atoms with Gasteiger partial charge in [0.2, 0.25) is 5.16 Å². The van der Waals surface area contributed by atoms with Crippen molar-refractivity contribution in [2.24, 2.45) is 0 Å². The number of hydrogen-bond acceptors (Lipinski definition) is 8. The molecule has 1 aliphatic carbocycles.